The van der Waals surface area contributed by atoms with Crippen LogP contribution in [0.1, 0.15) is 0 Å². The highest BCUT2D eigenvalue weighted by molar-refractivity contribution is 5.61. The van der Waals surface area contributed by atoms with Crippen LogP contribution in [0.2, 0.25) is 0 Å². The summed E-state index contributed by atoms with van der Waals surface area (Å²) in [6.07, 6.45) is 0.416. The van der Waals surface area contributed by atoms with Crippen LogP contribution in [0.25, 0.3) is 17.1 Å². The molecular formula is C24H28F2N8O4. The highest BCUT2D eigenvalue weighted by Crippen LogP contribution is 2.29. The molecule has 4 aromatic rings. The molecule has 0 bridgehead atoms. The van der Waals surface area contributed by atoms with Crippen LogP contribution in [-0.4, -0.2) is 93.3 Å². The van der Waals surface area contributed by atoms with Gasteiger partial charge in [-0.05, 0) is 12.1 Å². The van der Waals surface area contributed by atoms with Crippen molar-refractivity contribution in [3.8, 4) is 17.2 Å². The zero-order valence-corrected chi connectivity index (χ0v) is 20.4. The largest absolute Gasteiger partial charge is 0.488 e. The Morgan fingerprint density at radius 3 is 2.68 bits per heavy atom. The van der Waals surface area contributed by atoms with Gasteiger partial charge in [-0.2, -0.15) is 19.6 Å². The Hall–Kier alpha value is -4.01. The number of hydrogen-bond donors (Lipinski definition) is 4. The number of rotatable bonds is 10. The van der Waals surface area contributed by atoms with E-state index in [4.69, 9.17) is 20.0 Å². The maximum atomic E-state index is 14.5. The topological polar surface area (TPSA) is 150 Å². The number of furan rings is 1. The maximum absolute atomic E-state index is 14.5. The molecule has 0 radical (unpaired) electrons. The second-order valence-corrected chi connectivity index (χ2v) is 8.82. The first kappa shape index (κ1) is 25.6. The molecule has 0 unspecified atom stereocenters. The second-order valence-electron chi connectivity index (χ2n) is 8.82. The molecule has 1 aromatic carbocycles. The van der Waals surface area contributed by atoms with E-state index in [2.05, 4.69) is 25.3 Å². The number of aliphatic hydroxyl groups is 2. The number of anilines is 3. The van der Waals surface area contributed by atoms with Crippen LogP contribution in [0.5, 0.6) is 5.75 Å². The molecule has 0 aliphatic carbocycles. The molecule has 5 rings (SSSR count). The predicted octanol–water partition coefficient (Wildman–Crippen LogP) is 1.21. The number of ether oxygens (including phenoxy) is 1. The van der Waals surface area contributed by atoms with E-state index in [1.165, 1.54) is 10.6 Å². The van der Waals surface area contributed by atoms with Crippen LogP contribution in [0.3, 0.4) is 0 Å². The quantitative estimate of drug-likeness (QED) is 0.234. The highest BCUT2D eigenvalue weighted by atomic mass is 19.1. The van der Waals surface area contributed by atoms with Gasteiger partial charge in [0.25, 0.3) is 0 Å². The third-order valence-electron chi connectivity index (χ3n) is 6.19. The number of piperazine rings is 1. The Balaban J connectivity index is 1.14. The first-order chi connectivity index (χ1) is 18.4. The van der Waals surface area contributed by atoms with Gasteiger partial charge in [0.1, 0.15) is 24.2 Å². The lowest BCUT2D eigenvalue weighted by Gasteiger charge is -2.36. The van der Waals surface area contributed by atoms with E-state index in [9.17, 15) is 13.9 Å². The minimum atomic E-state index is -1.15. The minimum absolute atomic E-state index is 0.175. The fraction of sp³-hybridized carbons (Fsp3) is 0.375. The van der Waals surface area contributed by atoms with Gasteiger partial charge in [-0.1, -0.05) is 0 Å². The predicted molar refractivity (Wildman–Crippen MR) is 135 cm³/mol. The van der Waals surface area contributed by atoms with Gasteiger partial charge < -0.3 is 35.3 Å². The lowest BCUT2D eigenvalue weighted by molar-refractivity contribution is 0.0523. The minimum Gasteiger partial charge on any atom is -0.488 e. The van der Waals surface area contributed by atoms with Crippen LogP contribution in [0, 0.1) is 11.6 Å². The van der Waals surface area contributed by atoms with Crippen molar-refractivity contribution in [3.05, 3.63) is 48.2 Å². The van der Waals surface area contributed by atoms with Crippen LogP contribution in [-0.2, 0) is 0 Å². The second kappa shape index (κ2) is 11.2. The zero-order valence-electron chi connectivity index (χ0n) is 20.4. The third kappa shape index (κ3) is 5.61. The van der Waals surface area contributed by atoms with Crippen molar-refractivity contribution in [2.75, 3.05) is 68.4 Å². The van der Waals surface area contributed by atoms with Gasteiger partial charge in [0.05, 0.1) is 18.6 Å². The summed E-state index contributed by atoms with van der Waals surface area (Å²) in [4.78, 5) is 12.8. The van der Waals surface area contributed by atoms with Gasteiger partial charge in [0.15, 0.2) is 23.0 Å². The van der Waals surface area contributed by atoms with Gasteiger partial charge in [0, 0.05) is 57.5 Å². The van der Waals surface area contributed by atoms with Crippen LogP contribution < -0.4 is 20.7 Å². The molecule has 3 aromatic heterocycles. The fourth-order valence-corrected chi connectivity index (χ4v) is 4.18. The number of nitrogen functional groups attached to an aromatic ring is 1. The molecule has 38 heavy (non-hydrogen) atoms. The number of halogens is 2. The Bertz CT molecular complexity index is 1380. The third-order valence-corrected chi connectivity index (χ3v) is 6.19. The lowest BCUT2D eigenvalue weighted by atomic mass is 10.2. The van der Waals surface area contributed by atoms with Gasteiger partial charge >= 0.3 is 0 Å². The van der Waals surface area contributed by atoms with Crippen molar-refractivity contribution >= 4 is 23.2 Å². The molecule has 0 saturated carbocycles. The van der Waals surface area contributed by atoms with Crippen molar-refractivity contribution < 1.29 is 28.1 Å². The van der Waals surface area contributed by atoms with Crippen LogP contribution in [0.4, 0.5) is 26.4 Å². The van der Waals surface area contributed by atoms with Gasteiger partial charge in [-0.25, -0.2) is 8.78 Å². The molecule has 0 spiro atoms. The normalized spacial score (nSPS) is 15.2. The molecule has 12 nitrogen and oxygen atoms in total. The Kier molecular flexibility index (Phi) is 7.53. The standard InChI is InChI=1S/C24H28F2N8O4/c25-16-10-17(26)21(38-14-15(36)13-35)12-19(16)33-7-5-32(6-8-33)4-3-28-24-29-22-11-18(20-2-1-9-37-20)31-34(22)23(27)30-24/h1-2,9-12,15,35-36H,3-8,13-14H2,(H3,27,28,29,30)/t15-/m0/s1. The first-order valence-corrected chi connectivity index (χ1v) is 12.1. The van der Waals surface area contributed by atoms with Crippen molar-refractivity contribution in [2.45, 2.75) is 6.10 Å². The first-order valence-electron chi connectivity index (χ1n) is 12.1. The van der Waals surface area contributed by atoms with E-state index >= 15 is 0 Å². The van der Waals surface area contributed by atoms with E-state index in [1.54, 1.807) is 24.5 Å². The molecule has 5 N–H and O–H groups in total. The summed E-state index contributed by atoms with van der Waals surface area (Å²) < 4.78 is 40.7. The van der Waals surface area contributed by atoms with E-state index in [0.717, 1.165) is 6.07 Å². The Morgan fingerprint density at radius 1 is 1.13 bits per heavy atom. The molecular weight excluding hydrogens is 502 g/mol. The summed E-state index contributed by atoms with van der Waals surface area (Å²) in [7, 11) is 0. The summed E-state index contributed by atoms with van der Waals surface area (Å²) in [6, 6.07) is 7.40. The average molecular weight is 531 g/mol. The van der Waals surface area contributed by atoms with Crippen molar-refractivity contribution in [1.29, 1.82) is 0 Å². The summed E-state index contributed by atoms with van der Waals surface area (Å²) in [5, 5.41) is 25.9. The molecule has 0 amide bonds. The SMILES string of the molecule is Nc1nc(NCCN2CCN(c3cc(OC[C@@H](O)CO)c(F)cc3F)CC2)nc2cc(-c3ccco3)nn12. The van der Waals surface area contributed by atoms with Crippen molar-refractivity contribution in [3.63, 3.8) is 0 Å². The average Bonchev–Trinajstić information content (AvgIpc) is 3.59. The summed E-state index contributed by atoms with van der Waals surface area (Å²) in [5.41, 5.74) is 7.42. The molecule has 14 heteroatoms. The Morgan fingerprint density at radius 2 is 1.95 bits per heavy atom. The smallest absolute Gasteiger partial charge is 0.228 e. The monoisotopic (exact) mass is 530 g/mol. The number of hydrogen-bond acceptors (Lipinski definition) is 11. The van der Waals surface area contributed by atoms with Gasteiger partial charge in [-0.15, -0.1) is 0 Å². The van der Waals surface area contributed by atoms with Gasteiger partial charge in [-0.3, -0.25) is 4.90 Å². The number of aliphatic hydroxyl groups excluding tert-OH is 2. The van der Waals surface area contributed by atoms with Gasteiger partial charge in [0.2, 0.25) is 11.9 Å². The van der Waals surface area contributed by atoms with E-state index < -0.39 is 24.3 Å². The molecule has 1 atom stereocenters. The number of benzene rings is 1. The molecule has 4 heterocycles. The summed E-state index contributed by atoms with van der Waals surface area (Å²) in [5.74, 6) is -0.547. The molecule has 1 aliphatic rings. The zero-order chi connectivity index (χ0) is 26.6. The number of nitrogens with two attached hydrogens (primary N) is 1. The number of nitrogens with zero attached hydrogens (tertiary/aromatic N) is 6. The van der Waals surface area contributed by atoms with E-state index in [0.29, 0.717) is 62.3 Å². The van der Waals surface area contributed by atoms with Crippen molar-refractivity contribution in [2.24, 2.45) is 0 Å². The highest BCUT2D eigenvalue weighted by Gasteiger charge is 2.22. The van der Waals surface area contributed by atoms with Crippen molar-refractivity contribution in [1.82, 2.24) is 24.5 Å². The van der Waals surface area contributed by atoms with Crippen LogP contribution in [0.15, 0.2) is 41.0 Å². The van der Waals surface area contributed by atoms with E-state index in [1.807, 2.05) is 4.90 Å². The Labute approximate surface area is 216 Å². The lowest BCUT2D eigenvalue weighted by Crippen LogP contribution is -2.48. The molecule has 1 fully saturated rings. The number of nitrogens with one attached hydrogen (secondary N) is 1. The van der Waals surface area contributed by atoms with E-state index in [-0.39, 0.29) is 24.0 Å². The number of fused-ring (bicyclic) bond motifs is 1. The summed E-state index contributed by atoms with van der Waals surface area (Å²) >= 11 is 0. The fourth-order valence-electron chi connectivity index (χ4n) is 4.18. The molecule has 1 aliphatic heterocycles. The summed E-state index contributed by atoms with van der Waals surface area (Å²) in [6.45, 7) is 2.82. The molecule has 202 valence electrons. The van der Waals surface area contributed by atoms with Crippen LogP contribution >= 0.6 is 0 Å². The molecule has 1 saturated heterocycles. The number of aromatic nitrogens is 4. The maximum Gasteiger partial charge on any atom is 0.228 e.